The molecule has 0 spiro atoms. The zero-order chi connectivity index (χ0) is 10.1. The van der Waals surface area contributed by atoms with Crippen LogP contribution >= 0.6 is 0 Å². The second-order valence-electron chi connectivity index (χ2n) is 4.09. The first-order chi connectivity index (χ1) is 6.70. The van der Waals surface area contributed by atoms with E-state index in [4.69, 9.17) is 0 Å². The van der Waals surface area contributed by atoms with E-state index >= 15 is 0 Å². The lowest BCUT2D eigenvalue weighted by atomic mass is 9.95. The molecule has 2 rings (SSSR count). The molecule has 1 saturated heterocycles. The van der Waals surface area contributed by atoms with E-state index < -0.39 is 0 Å². The number of hydrogen-bond acceptors (Lipinski definition) is 2. The molecule has 0 saturated carbocycles. The van der Waals surface area contributed by atoms with Crippen LogP contribution < -0.4 is 0 Å². The highest BCUT2D eigenvalue weighted by Crippen LogP contribution is 2.29. The van der Waals surface area contributed by atoms with Gasteiger partial charge in [0.2, 0.25) is 0 Å². The van der Waals surface area contributed by atoms with Crippen LogP contribution in [0.2, 0.25) is 0 Å². The fraction of sp³-hybridized carbons (Fsp3) is 0.500. The lowest BCUT2D eigenvalue weighted by Crippen LogP contribution is -2.58. The number of hydrogen-bond donors (Lipinski definition) is 1. The molecular weight excluding hydrogens is 174 g/mol. The molecular formula is C12H17NO. The maximum absolute atomic E-state index is 9.44. The fourth-order valence-corrected chi connectivity index (χ4v) is 2.05. The van der Waals surface area contributed by atoms with Crippen LogP contribution in [0.25, 0.3) is 0 Å². The molecule has 1 aromatic carbocycles. The number of rotatable bonds is 2. The van der Waals surface area contributed by atoms with Gasteiger partial charge in [-0.25, -0.2) is 0 Å². The summed E-state index contributed by atoms with van der Waals surface area (Å²) in [5.41, 5.74) is 1.33. The maximum Gasteiger partial charge on any atom is 0.0819 e. The SMILES string of the molecule is CC(c1ccccc1)N1CC(O)C1C. The summed E-state index contributed by atoms with van der Waals surface area (Å²) in [6.07, 6.45) is -0.138. The molecule has 0 aliphatic carbocycles. The van der Waals surface area contributed by atoms with Gasteiger partial charge < -0.3 is 5.11 Å². The van der Waals surface area contributed by atoms with Gasteiger partial charge in [-0.15, -0.1) is 0 Å². The van der Waals surface area contributed by atoms with Gasteiger partial charge in [-0.05, 0) is 19.4 Å². The van der Waals surface area contributed by atoms with Gasteiger partial charge in [0, 0.05) is 18.6 Å². The van der Waals surface area contributed by atoms with E-state index in [0.717, 1.165) is 6.54 Å². The van der Waals surface area contributed by atoms with Crippen LogP contribution in [0.1, 0.15) is 25.5 Å². The largest absolute Gasteiger partial charge is 0.390 e. The molecule has 0 bridgehead atoms. The monoisotopic (exact) mass is 191 g/mol. The van der Waals surface area contributed by atoms with Gasteiger partial charge in [-0.3, -0.25) is 4.90 Å². The van der Waals surface area contributed by atoms with Crippen molar-refractivity contribution >= 4 is 0 Å². The van der Waals surface area contributed by atoms with E-state index in [9.17, 15) is 5.11 Å². The number of β-amino-alcohol motifs (C(OH)–C–C–N with tert-alkyl or cyclic N) is 1. The summed E-state index contributed by atoms with van der Waals surface area (Å²) in [4.78, 5) is 2.32. The van der Waals surface area contributed by atoms with Crippen LogP contribution in [0.5, 0.6) is 0 Å². The molecule has 1 fully saturated rings. The molecule has 3 atom stereocenters. The van der Waals surface area contributed by atoms with Gasteiger partial charge in [0.25, 0.3) is 0 Å². The number of aliphatic hydroxyl groups excluding tert-OH is 1. The Kier molecular flexibility index (Phi) is 2.57. The number of nitrogens with zero attached hydrogens (tertiary/aromatic N) is 1. The second-order valence-corrected chi connectivity index (χ2v) is 4.09. The highest BCUT2D eigenvalue weighted by atomic mass is 16.3. The summed E-state index contributed by atoms with van der Waals surface area (Å²) in [5.74, 6) is 0. The number of aliphatic hydroxyl groups is 1. The molecule has 2 heteroatoms. The summed E-state index contributed by atoms with van der Waals surface area (Å²) < 4.78 is 0. The molecule has 1 aromatic rings. The van der Waals surface area contributed by atoms with Crippen LogP contribution in [0.3, 0.4) is 0 Å². The Morgan fingerprint density at radius 1 is 1.36 bits per heavy atom. The highest BCUT2D eigenvalue weighted by molar-refractivity contribution is 5.19. The third-order valence-corrected chi connectivity index (χ3v) is 3.26. The first-order valence-corrected chi connectivity index (χ1v) is 5.19. The Morgan fingerprint density at radius 2 is 2.00 bits per heavy atom. The van der Waals surface area contributed by atoms with Crippen molar-refractivity contribution in [2.75, 3.05) is 6.54 Å². The summed E-state index contributed by atoms with van der Waals surface area (Å²) >= 11 is 0. The smallest absolute Gasteiger partial charge is 0.0819 e. The van der Waals surface area contributed by atoms with E-state index in [-0.39, 0.29) is 6.10 Å². The molecule has 1 aliphatic heterocycles. The average molecular weight is 191 g/mol. The second kappa shape index (κ2) is 3.71. The molecule has 3 unspecified atom stereocenters. The lowest BCUT2D eigenvalue weighted by Gasteiger charge is -2.47. The Hall–Kier alpha value is -0.860. The predicted molar refractivity (Wildman–Crippen MR) is 57.0 cm³/mol. The Labute approximate surface area is 85.2 Å². The van der Waals surface area contributed by atoms with Gasteiger partial charge in [-0.1, -0.05) is 30.3 Å². The minimum atomic E-state index is -0.138. The van der Waals surface area contributed by atoms with E-state index in [1.807, 2.05) is 6.07 Å². The zero-order valence-electron chi connectivity index (χ0n) is 8.72. The molecule has 0 aromatic heterocycles. The summed E-state index contributed by atoms with van der Waals surface area (Å²) in [6.45, 7) is 5.07. The van der Waals surface area contributed by atoms with Gasteiger partial charge in [-0.2, -0.15) is 0 Å². The van der Waals surface area contributed by atoms with Crippen molar-refractivity contribution < 1.29 is 5.11 Å². The van der Waals surface area contributed by atoms with Crippen LogP contribution in [0.15, 0.2) is 30.3 Å². The van der Waals surface area contributed by atoms with Gasteiger partial charge in [0.1, 0.15) is 0 Å². The Bertz CT molecular complexity index is 298. The molecule has 14 heavy (non-hydrogen) atoms. The summed E-state index contributed by atoms with van der Waals surface area (Å²) in [5, 5.41) is 9.44. The normalized spacial score (nSPS) is 29.6. The molecule has 2 nitrogen and oxygen atoms in total. The zero-order valence-corrected chi connectivity index (χ0v) is 8.72. The van der Waals surface area contributed by atoms with Crippen LogP contribution in [0, 0.1) is 0 Å². The first-order valence-electron chi connectivity index (χ1n) is 5.19. The quantitative estimate of drug-likeness (QED) is 0.770. The maximum atomic E-state index is 9.44. The highest BCUT2D eigenvalue weighted by Gasteiger charge is 2.36. The van der Waals surface area contributed by atoms with Crippen molar-refractivity contribution in [3.05, 3.63) is 35.9 Å². The first kappa shape index (κ1) is 9.69. The van der Waals surface area contributed by atoms with Gasteiger partial charge >= 0.3 is 0 Å². The Morgan fingerprint density at radius 3 is 2.50 bits per heavy atom. The van der Waals surface area contributed by atoms with E-state index in [0.29, 0.717) is 12.1 Å². The fourth-order valence-electron chi connectivity index (χ4n) is 2.05. The third-order valence-electron chi connectivity index (χ3n) is 3.26. The minimum Gasteiger partial charge on any atom is -0.390 e. The van der Waals surface area contributed by atoms with Crippen LogP contribution in [-0.4, -0.2) is 28.7 Å². The van der Waals surface area contributed by atoms with Crippen LogP contribution in [0.4, 0.5) is 0 Å². The number of benzene rings is 1. The van der Waals surface area contributed by atoms with Gasteiger partial charge in [0.15, 0.2) is 0 Å². The van der Waals surface area contributed by atoms with Gasteiger partial charge in [0.05, 0.1) is 6.10 Å². The van der Waals surface area contributed by atoms with E-state index in [1.54, 1.807) is 0 Å². The predicted octanol–water partition coefficient (Wildman–Crippen LogP) is 1.81. The molecule has 1 N–H and O–H groups in total. The molecule has 1 aliphatic rings. The Balaban J connectivity index is 2.07. The molecule has 76 valence electrons. The minimum absolute atomic E-state index is 0.138. The van der Waals surface area contributed by atoms with Crippen LogP contribution in [-0.2, 0) is 0 Å². The molecule has 0 radical (unpaired) electrons. The van der Waals surface area contributed by atoms with Crippen molar-refractivity contribution in [2.24, 2.45) is 0 Å². The third kappa shape index (κ3) is 1.56. The van der Waals surface area contributed by atoms with E-state index in [1.165, 1.54) is 5.56 Å². The molecule has 0 amide bonds. The van der Waals surface area contributed by atoms with Crippen molar-refractivity contribution in [2.45, 2.75) is 32.0 Å². The average Bonchev–Trinajstić information content (AvgIpc) is 2.25. The topological polar surface area (TPSA) is 23.5 Å². The molecule has 1 heterocycles. The van der Waals surface area contributed by atoms with Crippen molar-refractivity contribution in [3.8, 4) is 0 Å². The number of likely N-dealkylation sites (tertiary alicyclic amines) is 1. The van der Waals surface area contributed by atoms with E-state index in [2.05, 4.69) is 43.0 Å². The summed E-state index contributed by atoms with van der Waals surface area (Å²) in [7, 11) is 0. The van der Waals surface area contributed by atoms with Crippen molar-refractivity contribution in [3.63, 3.8) is 0 Å². The standard InChI is InChI=1S/C12H17NO/c1-9(11-6-4-3-5-7-11)13-8-12(14)10(13)2/h3-7,9-10,12,14H,8H2,1-2H3. The van der Waals surface area contributed by atoms with Crippen molar-refractivity contribution in [1.29, 1.82) is 0 Å². The summed E-state index contributed by atoms with van der Waals surface area (Å²) in [6, 6.07) is 11.1. The lowest BCUT2D eigenvalue weighted by molar-refractivity contribution is -0.0739. The van der Waals surface area contributed by atoms with Crippen molar-refractivity contribution in [1.82, 2.24) is 4.90 Å².